The molecule has 4 heterocycles. The van der Waals surface area contributed by atoms with E-state index in [-0.39, 0.29) is 36.5 Å². The van der Waals surface area contributed by atoms with Crippen molar-refractivity contribution in [3.8, 4) is 11.5 Å². The molecule has 4 aromatic rings. The number of anilines is 2. The lowest BCUT2D eigenvalue weighted by molar-refractivity contribution is -0.116. The highest BCUT2D eigenvalue weighted by molar-refractivity contribution is 7.15. The standard InChI is InChI=1S/C25H26N8O4S2/c1-36-18-7-5-16(26-12-18)10-20(34)28-24-32-30-22(38-24)14-3-4-15(9-14)23-31-33-25(39-23)29-21(35)11-17-6-8-19(37-2)13-27-17/h5-8,12-15H,3-4,9-11H2,1-2H3,(H,28,32,34)(H,29,33,35). The Kier molecular flexibility index (Phi) is 8.32. The molecule has 2 N–H and O–H groups in total. The van der Waals surface area contributed by atoms with E-state index in [2.05, 4.69) is 41.0 Å². The number of methoxy groups -OCH3 is 2. The van der Waals surface area contributed by atoms with Gasteiger partial charge < -0.3 is 20.1 Å². The number of nitrogens with one attached hydrogen (secondary N) is 2. The van der Waals surface area contributed by atoms with Crippen molar-refractivity contribution in [1.29, 1.82) is 0 Å². The highest BCUT2D eigenvalue weighted by Gasteiger charge is 2.32. The molecule has 2 unspecified atom stereocenters. The normalized spacial score (nSPS) is 16.6. The predicted molar refractivity (Wildman–Crippen MR) is 145 cm³/mol. The summed E-state index contributed by atoms with van der Waals surface area (Å²) in [6.45, 7) is 0. The van der Waals surface area contributed by atoms with Gasteiger partial charge in [0.25, 0.3) is 0 Å². The molecule has 1 aliphatic carbocycles. The third-order valence-electron chi connectivity index (χ3n) is 6.26. The first-order valence-corrected chi connectivity index (χ1v) is 13.9. The van der Waals surface area contributed by atoms with Gasteiger partial charge in [-0.05, 0) is 43.5 Å². The van der Waals surface area contributed by atoms with Gasteiger partial charge in [0.15, 0.2) is 0 Å². The summed E-state index contributed by atoms with van der Waals surface area (Å²) in [4.78, 5) is 33.3. The SMILES string of the molecule is COc1ccc(CC(=O)Nc2nnc(C3CCC(c4nnc(NC(=O)Cc5ccc(OC)cn5)s4)C3)s2)nc1. The summed E-state index contributed by atoms with van der Waals surface area (Å²) >= 11 is 2.78. The molecule has 0 aromatic carbocycles. The van der Waals surface area contributed by atoms with E-state index in [1.807, 2.05) is 0 Å². The van der Waals surface area contributed by atoms with Gasteiger partial charge in [-0.25, -0.2) is 0 Å². The summed E-state index contributed by atoms with van der Waals surface area (Å²) in [7, 11) is 3.14. The quantitative estimate of drug-likeness (QED) is 0.291. The lowest BCUT2D eigenvalue weighted by Gasteiger charge is -2.05. The van der Waals surface area contributed by atoms with Crippen molar-refractivity contribution in [3.63, 3.8) is 0 Å². The van der Waals surface area contributed by atoms with Crippen molar-refractivity contribution in [3.05, 3.63) is 58.1 Å². The molecule has 202 valence electrons. The Morgan fingerprint density at radius 1 is 0.769 bits per heavy atom. The molecular weight excluding hydrogens is 540 g/mol. The molecule has 12 nitrogen and oxygen atoms in total. The number of hydrogen-bond donors (Lipinski definition) is 2. The maximum atomic E-state index is 12.4. The van der Waals surface area contributed by atoms with Crippen LogP contribution in [0.1, 0.15) is 52.5 Å². The van der Waals surface area contributed by atoms with Gasteiger partial charge in [0.05, 0.1) is 39.5 Å². The van der Waals surface area contributed by atoms with Gasteiger partial charge in [-0.3, -0.25) is 19.6 Å². The summed E-state index contributed by atoms with van der Waals surface area (Å²) in [5.41, 5.74) is 1.28. The Hall–Kier alpha value is -4.04. The number of nitrogens with zero attached hydrogens (tertiary/aromatic N) is 6. The minimum atomic E-state index is -0.203. The molecule has 14 heteroatoms. The maximum Gasteiger partial charge on any atom is 0.232 e. The Bertz CT molecular complexity index is 1320. The van der Waals surface area contributed by atoms with Crippen LogP contribution in [-0.2, 0) is 22.4 Å². The highest BCUT2D eigenvalue weighted by atomic mass is 32.1. The van der Waals surface area contributed by atoms with Crippen LogP contribution >= 0.6 is 22.7 Å². The molecule has 0 saturated heterocycles. The van der Waals surface area contributed by atoms with Crippen LogP contribution in [0.15, 0.2) is 36.7 Å². The van der Waals surface area contributed by atoms with Gasteiger partial charge in [-0.15, -0.1) is 20.4 Å². The van der Waals surface area contributed by atoms with E-state index in [1.165, 1.54) is 22.7 Å². The number of amides is 2. The van der Waals surface area contributed by atoms with E-state index in [0.717, 1.165) is 29.3 Å². The molecule has 0 bridgehead atoms. The number of ether oxygens (including phenoxy) is 2. The van der Waals surface area contributed by atoms with Crippen LogP contribution in [0.4, 0.5) is 10.3 Å². The lowest BCUT2D eigenvalue weighted by atomic mass is 10.1. The number of carbonyl (C=O) groups excluding carboxylic acids is 2. The lowest BCUT2D eigenvalue weighted by Crippen LogP contribution is -2.15. The number of carbonyl (C=O) groups is 2. The topological polar surface area (TPSA) is 154 Å². The van der Waals surface area contributed by atoms with Crippen LogP contribution in [0, 0.1) is 0 Å². The summed E-state index contributed by atoms with van der Waals surface area (Å²) < 4.78 is 10.2. The molecular formula is C25H26N8O4S2. The van der Waals surface area contributed by atoms with E-state index < -0.39 is 0 Å². The molecule has 2 amide bonds. The van der Waals surface area contributed by atoms with Gasteiger partial charge in [0.2, 0.25) is 22.1 Å². The third-order valence-corrected chi connectivity index (χ3v) is 8.26. The Morgan fingerprint density at radius 2 is 1.23 bits per heavy atom. The first kappa shape index (κ1) is 26.6. The smallest absolute Gasteiger partial charge is 0.232 e. The second-order valence-corrected chi connectivity index (χ2v) is 10.9. The molecule has 1 saturated carbocycles. The first-order chi connectivity index (χ1) is 19.0. The minimum Gasteiger partial charge on any atom is -0.495 e. The number of aromatic nitrogens is 6. The largest absolute Gasteiger partial charge is 0.495 e. The molecule has 0 spiro atoms. The van der Waals surface area contributed by atoms with E-state index in [4.69, 9.17) is 9.47 Å². The van der Waals surface area contributed by atoms with Crippen molar-refractivity contribution in [1.82, 2.24) is 30.4 Å². The third kappa shape index (κ3) is 6.89. The van der Waals surface area contributed by atoms with E-state index in [9.17, 15) is 9.59 Å². The summed E-state index contributed by atoms with van der Waals surface area (Å²) in [5.74, 6) is 1.32. The molecule has 2 atom stereocenters. The van der Waals surface area contributed by atoms with Gasteiger partial charge >= 0.3 is 0 Å². The van der Waals surface area contributed by atoms with Crippen LogP contribution in [0.5, 0.6) is 11.5 Å². The maximum absolute atomic E-state index is 12.4. The molecule has 4 aromatic heterocycles. The minimum absolute atomic E-state index is 0.136. The molecule has 1 aliphatic rings. The van der Waals surface area contributed by atoms with Gasteiger partial charge in [0, 0.05) is 23.2 Å². The van der Waals surface area contributed by atoms with Crippen molar-refractivity contribution in [2.75, 3.05) is 24.9 Å². The fourth-order valence-electron chi connectivity index (χ4n) is 4.26. The van der Waals surface area contributed by atoms with Crippen molar-refractivity contribution in [2.45, 2.75) is 43.9 Å². The van der Waals surface area contributed by atoms with E-state index >= 15 is 0 Å². The van der Waals surface area contributed by atoms with Crippen LogP contribution in [0.2, 0.25) is 0 Å². The zero-order valence-electron chi connectivity index (χ0n) is 21.3. The molecule has 1 fully saturated rings. The summed E-state index contributed by atoms with van der Waals surface area (Å²) in [6.07, 6.45) is 6.17. The number of hydrogen-bond acceptors (Lipinski definition) is 12. The predicted octanol–water partition coefficient (Wildman–Crippen LogP) is 3.61. The summed E-state index contributed by atoms with van der Waals surface area (Å²) in [6, 6.07) is 7.05. The molecule has 39 heavy (non-hydrogen) atoms. The van der Waals surface area contributed by atoms with Crippen molar-refractivity contribution in [2.24, 2.45) is 0 Å². The summed E-state index contributed by atoms with van der Waals surface area (Å²) in [5, 5.41) is 25.3. The average molecular weight is 567 g/mol. The van der Waals surface area contributed by atoms with Crippen molar-refractivity contribution >= 4 is 44.8 Å². The first-order valence-electron chi connectivity index (χ1n) is 12.2. The molecule has 0 aliphatic heterocycles. The van der Waals surface area contributed by atoms with Crippen molar-refractivity contribution < 1.29 is 19.1 Å². The van der Waals surface area contributed by atoms with Gasteiger partial charge in [0.1, 0.15) is 21.5 Å². The fourth-order valence-corrected chi connectivity index (χ4v) is 6.07. The van der Waals surface area contributed by atoms with Gasteiger partial charge in [-0.1, -0.05) is 22.7 Å². The van der Waals surface area contributed by atoms with Crippen LogP contribution in [-0.4, -0.2) is 56.4 Å². The zero-order valence-corrected chi connectivity index (χ0v) is 22.9. The highest BCUT2D eigenvalue weighted by Crippen LogP contribution is 2.45. The molecule has 5 rings (SSSR count). The number of pyridine rings is 2. The fraction of sp³-hybridized carbons (Fsp3) is 0.360. The monoisotopic (exact) mass is 566 g/mol. The van der Waals surface area contributed by atoms with E-state index in [1.54, 1.807) is 50.9 Å². The average Bonchev–Trinajstić information content (AvgIpc) is 3.71. The zero-order chi connectivity index (χ0) is 27.2. The Labute approximate surface area is 232 Å². The Balaban J connectivity index is 1.11. The van der Waals surface area contributed by atoms with Crippen LogP contribution in [0.25, 0.3) is 0 Å². The molecule has 0 radical (unpaired) electrons. The van der Waals surface area contributed by atoms with Gasteiger partial charge in [-0.2, -0.15) is 0 Å². The Morgan fingerprint density at radius 3 is 1.62 bits per heavy atom. The second kappa shape index (κ2) is 12.2. The van der Waals surface area contributed by atoms with Crippen LogP contribution in [0.3, 0.4) is 0 Å². The van der Waals surface area contributed by atoms with Crippen LogP contribution < -0.4 is 20.1 Å². The second-order valence-electron chi connectivity index (χ2n) is 8.93. The van der Waals surface area contributed by atoms with E-state index in [0.29, 0.717) is 33.1 Å². The number of rotatable bonds is 10.